The van der Waals surface area contributed by atoms with Crippen LogP contribution < -0.4 is 4.90 Å². The summed E-state index contributed by atoms with van der Waals surface area (Å²) in [7, 11) is 0. The largest absolute Gasteiger partial charge is 0.392 e. The van der Waals surface area contributed by atoms with Crippen LogP contribution in [0.5, 0.6) is 0 Å². The molecule has 16 heavy (non-hydrogen) atoms. The Labute approximate surface area is 96.9 Å². The highest BCUT2D eigenvalue weighted by atomic mass is 16.3. The van der Waals surface area contributed by atoms with Gasteiger partial charge in [0, 0.05) is 18.3 Å². The second-order valence-corrected chi connectivity index (χ2v) is 4.02. The van der Waals surface area contributed by atoms with Gasteiger partial charge in [0.15, 0.2) is 0 Å². The first-order valence-corrected chi connectivity index (χ1v) is 5.52. The van der Waals surface area contributed by atoms with Gasteiger partial charge in [0.25, 0.3) is 0 Å². The maximum atomic E-state index is 8.96. The Morgan fingerprint density at radius 3 is 2.38 bits per heavy atom. The van der Waals surface area contributed by atoms with Gasteiger partial charge in [-0.1, -0.05) is 12.1 Å². The first kappa shape index (κ1) is 12.5. The molecule has 0 fully saturated rings. The Morgan fingerprint density at radius 2 is 1.94 bits per heavy atom. The zero-order valence-electron chi connectivity index (χ0n) is 9.85. The standard InChI is InChI=1S/C13H18N2O/c1-11(2)15(9-3-8-14)13-6-4-12(10-16)5-7-13/h4-7,11,16H,3,9-10H2,1-2H3. The van der Waals surface area contributed by atoms with Crippen LogP contribution in [0.2, 0.25) is 0 Å². The van der Waals surface area contributed by atoms with Crippen molar-refractivity contribution in [3.05, 3.63) is 29.8 Å². The number of nitriles is 1. The molecule has 86 valence electrons. The Balaban J connectivity index is 2.80. The fourth-order valence-electron chi connectivity index (χ4n) is 1.65. The third-order valence-electron chi connectivity index (χ3n) is 2.54. The highest BCUT2D eigenvalue weighted by Gasteiger charge is 2.09. The summed E-state index contributed by atoms with van der Waals surface area (Å²) < 4.78 is 0. The van der Waals surface area contributed by atoms with E-state index < -0.39 is 0 Å². The van der Waals surface area contributed by atoms with Gasteiger partial charge in [-0.25, -0.2) is 0 Å². The van der Waals surface area contributed by atoms with Gasteiger partial charge >= 0.3 is 0 Å². The number of nitrogens with zero attached hydrogens (tertiary/aromatic N) is 2. The van der Waals surface area contributed by atoms with Gasteiger partial charge in [0.2, 0.25) is 0 Å². The zero-order valence-corrected chi connectivity index (χ0v) is 9.85. The molecule has 0 spiro atoms. The Bertz CT molecular complexity index is 351. The number of benzene rings is 1. The van der Waals surface area contributed by atoms with Crippen LogP contribution in [0.25, 0.3) is 0 Å². The second-order valence-electron chi connectivity index (χ2n) is 4.02. The average molecular weight is 218 g/mol. The van der Waals surface area contributed by atoms with E-state index in [0.717, 1.165) is 17.8 Å². The van der Waals surface area contributed by atoms with Crippen LogP contribution in [0.1, 0.15) is 25.8 Å². The Hall–Kier alpha value is -1.53. The molecule has 0 heterocycles. The normalized spacial score (nSPS) is 10.2. The zero-order chi connectivity index (χ0) is 12.0. The van der Waals surface area contributed by atoms with Crippen LogP contribution in [-0.4, -0.2) is 17.7 Å². The summed E-state index contributed by atoms with van der Waals surface area (Å²) in [6, 6.07) is 10.3. The summed E-state index contributed by atoms with van der Waals surface area (Å²) in [5.74, 6) is 0. The highest BCUT2D eigenvalue weighted by molar-refractivity contribution is 5.48. The van der Waals surface area contributed by atoms with Crippen LogP contribution in [0.4, 0.5) is 5.69 Å². The lowest BCUT2D eigenvalue weighted by Crippen LogP contribution is -2.31. The molecule has 0 aliphatic carbocycles. The van der Waals surface area contributed by atoms with Crippen molar-refractivity contribution in [1.82, 2.24) is 0 Å². The van der Waals surface area contributed by atoms with E-state index in [9.17, 15) is 0 Å². The molecule has 0 atom stereocenters. The van der Waals surface area contributed by atoms with Crippen molar-refractivity contribution in [2.45, 2.75) is 32.9 Å². The van der Waals surface area contributed by atoms with Crippen molar-refractivity contribution >= 4 is 5.69 Å². The first-order valence-electron chi connectivity index (χ1n) is 5.52. The van der Waals surface area contributed by atoms with E-state index in [4.69, 9.17) is 10.4 Å². The number of aliphatic hydroxyl groups excluding tert-OH is 1. The maximum absolute atomic E-state index is 8.96. The summed E-state index contributed by atoms with van der Waals surface area (Å²) in [6.45, 7) is 5.03. The van der Waals surface area contributed by atoms with E-state index in [-0.39, 0.29) is 6.61 Å². The predicted molar refractivity (Wildman–Crippen MR) is 65.1 cm³/mol. The monoisotopic (exact) mass is 218 g/mol. The van der Waals surface area contributed by atoms with Crippen LogP contribution in [0.3, 0.4) is 0 Å². The summed E-state index contributed by atoms with van der Waals surface area (Å²) >= 11 is 0. The fourth-order valence-corrected chi connectivity index (χ4v) is 1.65. The molecule has 0 aliphatic rings. The predicted octanol–water partition coefficient (Wildman–Crippen LogP) is 2.31. The molecule has 0 saturated heterocycles. The number of anilines is 1. The van der Waals surface area contributed by atoms with E-state index >= 15 is 0 Å². The highest BCUT2D eigenvalue weighted by Crippen LogP contribution is 2.18. The summed E-state index contributed by atoms with van der Waals surface area (Å²) in [5.41, 5.74) is 2.01. The topological polar surface area (TPSA) is 47.3 Å². The van der Waals surface area contributed by atoms with Crippen molar-refractivity contribution in [3.63, 3.8) is 0 Å². The number of aliphatic hydroxyl groups is 1. The maximum Gasteiger partial charge on any atom is 0.0681 e. The molecule has 0 aromatic heterocycles. The van der Waals surface area contributed by atoms with Crippen LogP contribution >= 0.6 is 0 Å². The van der Waals surface area contributed by atoms with Crippen molar-refractivity contribution in [3.8, 4) is 6.07 Å². The third-order valence-corrected chi connectivity index (χ3v) is 2.54. The van der Waals surface area contributed by atoms with Gasteiger partial charge in [0.05, 0.1) is 19.1 Å². The van der Waals surface area contributed by atoms with E-state index in [1.165, 1.54) is 0 Å². The third kappa shape index (κ3) is 3.25. The van der Waals surface area contributed by atoms with Crippen molar-refractivity contribution in [2.24, 2.45) is 0 Å². The summed E-state index contributed by atoms with van der Waals surface area (Å²) in [6.07, 6.45) is 0.528. The molecule has 0 saturated carbocycles. The van der Waals surface area contributed by atoms with Crippen molar-refractivity contribution in [1.29, 1.82) is 5.26 Å². The molecule has 1 aromatic rings. The summed E-state index contributed by atoms with van der Waals surface area (Å²) in [4.78, 5) is 2.18. The molecule has 0 unspecified atom stereocenters. The minimum absolute atomic E-state index is 0.0696. The quantitative estimate of drug-likeness (QED) is 0.825. The molecular weight excluding hydrogens is 200 g/mol. The molecule has 1 aromatic carbocycles. The van der Waals surface area contributed by atoms with Gasteiger partial charge in [-0.3, -0.25) is 0 Å². The molecule has 0 aliphatic heterocycles. The minimum Gasteiger partial charge on any atom is -0.392 e. The van der Waals surface area contributed by atoms with Crippen LogP contribution in [-0.2, 0) is 6.61 Å². The Kier molecular flexibility index (Phi) is 4.81. The van der Waals surface area contributed by atoms with Gasteiger partial charge in [-0.2, -0.15) is 5.26 Å². The summed E-state index contributed by atoms with van der Waals surface area (Å²) in [5, 5.41) is 17.6. The van der Waals surface area contributed by atoms with Gasteiger partial charge in [-0.15, -0.1) is 0 Å². The molecule has 3 nitrogen and oxygen atoms in total. The first-order chi connectivity index (χ1) is 7.69. The van der Waals surface area contributed by atoms with Crippen LogP contribution in [0, 0.1) is 11.3 Å². The van der Waals surface area contributed by atoms with Gasteiger partial charge in [-0.05, 0) is 31.5 Å². The second kappa shape index (κ2) is 6.14. The van der Waals surface area contributed by atoms with Crippen LogP contribution in [0.15, 0.2) is 24.3 Å². The number of hydrogen-bond donors (Lipinski definition) is 1. The SMILES string of the molecule is CC(C)N(CCC#N)c1ccc(CO)cc1. The number of rotatable bonds is 5. The lowest BCUT2D eigenvalue weighted by molar-refractivity contribution is 0.282. The van der Waals surface area contributed by atoms with Gasteiger partial charge in [0.1, 0.15) is 0 Å². The molecule has 1 N–H and O–H groups in total. The fraction of sp³-hybridized carbons (Fsp3) is 0.462. The average Bonchev–Trinajstić information content (AvgIpc) is 2.30. The van der Waals surface area contributed by atoms with E-state index in [1.54, 1.807) is 0 Å². The minimum atomic E-state index is 0.0696. The van der Waals surface area contributed by atoms with E-state index in [1.807, 2.05) is 24.3 Å². The van der Waals surface area contributed by atoms with Gasteiger partial charge < -0.3 is 10.0 Å². The van der Waals surface area contributed by atoms with Crippen molar-refractivity contribution < 1.29 is 5.11 Å². The molecular formula is C13H18N2O. The Morgan fingerprint density at radius 1 is 1.31 bits per heavy atom. The van der Waals surface area contributed by atoms with Crippen molar-refractivity contribution in [2.75, 3.05) is 11.4 Å². The lowest BCUT2D eigenvalue weighted by atomic mass is 10.1. The van der Waals surface area contributed by atoms with E-state index in [2.05, 4.69) is 24.8 Å². The molecule has 0 radical (unpaired) electrons. The van der Waals surface area contributed by atoms with E-state index in [0.29, 0.717) is 12.5 Å². The smallest absolute Gasteiger partial charge is 0.0681 e. The molecule has 0 bridgehead atoms. The molecule has 3 heteroatoms. The lowest BCUT2D eigenvalue weighted by Gasteiger charge is -2.28. The number of hydrogen-bond acceptors (Lipinski definition) is 3. The molecule has 1 rings (SSSR count). The molecule has 0 amide bonds.